The number of hydrogen-bond donors (Lipinski definition) is 3. The predicted octanol–water partition coefficient (Wildman–Crippen LogP) is 3.42. The molecule has 1 fully saturated rings. The lowest BCUT2D eigenvalue weighted by Gasteiger charge is -2.33. The standard InChI is InChI=1S/C20H26ClN3O2.C4H4O4/c1-13(2)19(15-8-10-22-11-9-15)26-20-23-12-17(24(20)3)18(25)14-4-6-16(21)7-5-14;5-3(6)1-2-4(7)8/h4-7,12-13,15,19,22H,8-11H2,1-3H3;1-2H,(H,5,6)(H,7,8). The first-order valence-corrected chi connectivity index (χ1v) is 11.3. The molecule has 9 nitrogen and oxygen atoms in total. The van der Waals surface area contributed by atoms with E-state index in [2.05, 4.69) is 24.1 Å². The summed E-state index contributed by atoms with van der Waals surface area (Å²) in [7, 11) is 1.82. The Labute approximate surface area is 203 Å². The highest BCUT2D eigenvalue weighted by Crippen LogP contribution is 2.27. The number of ketones is 1. The number of carboxylic acid groups (broad SMARTS) is 2. The van der Waals surface area contributed by atoms with Crippen LogP contribution in [0.15, 0.2) is 42.6 Å². The van der Waals surface area contributed by atoms with Gasteiger partial charge in [-0.15, -0.1) is 0 Å². The Morgan fingerprint density at radius 2 is 1.68 bits per heavy atom. The number of imidazole rings is 1. The van der Waals surface area contributed by atoms with Crippen molar-refractivity contribution in [3.8, 4) is 6.01 Å². The Balaban J connectivity index is 0.000000440. The molecule has 0 amide bonds. The maximum Gasteiger partial charge on any atom is 0.328 e. The van der Waals surface area contributed by atoms with Crippen LogP contribution in [0.5, 0.6) is 6.01 Å². The smallest absolute Gasteiger partial charge is 0.328 e. The van der Waals surface area contributed by atoms with Gasteiger partial charge in [-0.3, -0.25) is 9.36 Å². The Bertz CT molecular complexity index is 994. The van der Waals surface area contributed by atoms with Crippen molar-refractivity contribution in [1.29, 1.82) is 0 Å². The normalized spacial score (nSPS) is 15.0. The Hall–Kier alpha value is -3.17. The maximum absolute atomic E-state index is 12.7. The van der Waals surface area contributed by atoms with Crippen LogP contribution >= 0.6 is 11.6 Å². The van der Waals surface area contributed by atoms with Crippen LogP contribution < -0.4 is 10.1 Å². The SMILES string of the molecule is CC(C)C(Oc1ncc(C(=O)c2ccc(Cl)cc2)n1C)C1CCNCC1.O=C(O)C=CC(=O)O. The van der Waals surface area contributed by atoms with Crippen LogP contribution in [0.1, 0.15) is 42.7 Å². The lowest BCUT2D eigenvalue weighted by molar-refractivity contribution is -0.134. The van der Waals surface area contributed by atoms with Crippen LogP contribution in [0.25, 0.3) is 0 Å². The van der Waals surface area contributed by atoms with E-state index in [1.807, 2.05) is 7.05 Å². The fourth-order valence-electron chi connectivity index (χ4n) is 3.68. The number of piperidine rings is 1. The third-order valence-corrected chi connectivity index (χ3v) is 5.65. The van der Waals surface area contributed by atoms with E-state index >= 15 is 0 Å². The lowest BCUT2D eigenvalue weighted by Crippen LogP contribution is -2.40. The average molecular weight is 492 g/mol. The second-order valence-corrected chi connectivity index (χ2v) is 8.68. The van der Waals surface area contributed by atoms with E-state index in [-0.39, 0.29) is 11.9 Å². The van der Waals surface area contributed by atoms with Gasteiger partial charge in [0.25, 0.3) is 6.01 Å². The van der Waals surface area contributed by atoms with E-state index in [0.717, 1.165) is 25.9 Å². The van der Waals surface area contributed by atoms with Gasteiger partial charge in [-0.25, -0.2) is 14.6 Å². The van der Waals surface area contributed by atoms with Gasteiger partial charge in [-0.2, -0.15) is 0 Å². The van der Waals surface area contributed by atoms with Gasteiger partial charge >= 0.3 is 11.9 Å². The second-order valence-electron chi connectivity index (χ2n) is 8.24. The summed E-state index contributed by atoms with van der Waals surface area (Å²) in [6.45, 7) is 6.40. The number of ether oxygens (including phenoxy) is 1. The van der Waals surface area contributed by atoms with Crippen molar-refractivity contribution in [2.24, 2.45) is 18.9 Å². The van der Waals surface area contributed by atoms with Crippen molar-refractivity contribution in [1.82, 2.24) is 14.9 Å². The van der Waals surface area contributed by atoms with Gasteiger partial charge in [-0.1, -0.05) is 25.4 Å². The molecule has 34 heavy (non-hydrogen) atoms. The number of rotatable bonds is 8. The fraction of sp³-hybridized carbons (Fsp3) is 0.417. The minimum atomic E-state index is -1.26. The van der Waals surface area contributed by atoms with Gasteiger partial charge in [0.15, 0.2) is 0 Å². The number of aromatic nitrogens is 2. The molecule has 184 valence electrons. The molecule has 3 rings (SSSR count). The molecule has 1 aliphatic rings. The molecular weight excluding hydrogens is 462 g/mol. The number of nitrogens with zero attached hydrogens (tertiary/aromatic N) is 2. The van der Waals surface area contributed by atoms with E-state index in [4.69, 9.17) is 26.6 Å². The molecule has 1 aromatic heterocycles. The molecule has 1 atom stereocenters. The maximum atomic E-state index is 12.7. The van der Waals surface area contributed by atoms with Crippen molar-refractivity contribution in [3.63, 3.8) is 0 Å². The van der Waals surface area contributed by atoms with Crippen LogP contribution in [-0.4, -0.2) is 56.7 Å². The van der Waals surface area contributed by atoms with Crippen LogP contribution in [0.2, 0.25) is 5.02 Å². The summed E-state index contributed by atoms with van der Waals surface area (Å²) in [5.74, 6) is -1.72. The monoisotopic (exact) mass is 491 g/mol. The molecule has 0 radical (unpaired) electrons. The summed E-state index contributed by atoms with van der Waals surface area (Å²) in [4.78, 5) is 36.2. The molecule has 0 saturated carbocycles. The number of halogens is 1. The van der Waals surface area contributed by atoms with Gasteiger partial charge in [-0.05, 0) is 62.0 Å². The van der Waals surface area contributed by atoms with Crippen molar-refractivity contribution >= 4 is 29.3 Å². The summed E-state index contributed by atoms with van der Waals surface area (Å²) in [6.07, 6.45) is 5.00. The molecule has 0 bridgehead atoms. The van der Waals surface area contributed by atoms with Crippen LogP contribution in [0.3, 0.4) is 0 Å². The van der Waals surface area contributed by atoms with Gasteiger partial charge in [0.05, 0.1) is 6.20 Å². The first-order valence-electron chi connectivity index (χ1n) is 10.9. The largest absolute Gasteiger partial charge is 0.478 e. The van der Waals surface area contributed by atoms with E-state index in [1.165, 1.54) is 0 Å². The number of benzene rings is 1. The average Bonchev–Trinajstić information content (AvgIpc) is 3.17. The Morgan fingerprint density at radius 3 is 2.18 bits per heavy atom. The molecule has 2 heterocycles. The van der Waals surface area contributed by atoms with E-state index < -0.39 is 11.9 Å². The van der Waals surface area contributed by atoms with Crippen molar-refractivity contribution < 1.29 is 29.3 Å². The molecule has 0 aliphatic carbocycles. The highest BCUT2D eigenvalue weighted by Gasteiger charge is 2.29. The summed E-state index contributed by atoms with van der Waals surface area (Å²) >= 11 is 5.91. The highest BCUT2D eigenvalue weighted by molar-refractivity contribution is 6.30. The van der Waals surface area contributed by atoms with E-state index in [0.29, 0.717) is 46.3 Å². The fourth-order valence-corrected chi connectivity index (χ4v) is 3.80. The molecule has 1 unspecified atom stereocenters. The minimum Gasteiger partial charge on any atom is -0.478 e. The highest BCUT2D eigenvalue weighted by atomic mass is 35.5. The summed E-state index contributed by atoms with van der Waals surface area (Å²) in [5, 5.41) is 19.6. The summed E-state index contributed by atoms with van der Waals surface area (Å²) < 4.78 is 8.03. The number of aliphatic carboxylic acids is 2. The van der Waals surface area contributed by atoms with Crippen molar-refractivity contribution in [2.45, 2.75) is 32.8 Å². The van der Waals surface area contributed by atoms with Crippen LogP contribution in [0, 0.1) is 11.8 Å². The van der Waals surface area contributed by atoms with Crippen molar-refractivity contribution in [3.05, 3.63) is 58.9 Å². The number of carboxylic acids is 2. The predicted molar refractivity (Wildman–Crippen MR) is 127 cm³/mol. The molecule has 2 aromatic rings. The first-order chi connectivity index (χ1) is 16.1. The number of carbonyl (C=O) groups is 3. The van der Waals surface area contributed by atoms with E-state index in [9.17, 15) is 14.4 Å². The molecular formula is C24H30ClN3O6. The van der Waals surface area contributed by atoms with Crippen LogP contribution in [0.4, 0.5) is 0 Å². The molecule has 3 N–H and O–H groups in total. The van der Waals surface area contributed by atoms with Gasteiger partial charge in [0.2, 0.25) is 5.78 Å². The zero-order chi connectivity index (χ0) is 25.3. The third kappa shape index (κ3) is 8.00. The quantitative estimate of drug-likeness (QED) is 0.378. The van der Waals surface area contributed by atoms with Gasteiger partial charge in [0.1, 0.15) is 11.8 Å². The Morgan fingerprint density at radius 1 is 1.12 bits per heavy atom. The lowest BCUT2D eigenvalue weighted by atomic mass is 9.86. The molecule has 1 aromatic carbocycles. The zero-order valence-electron chi connectivity index (χ0n) is 19.4. The first kappa shape index (κ1) is 27.1. The minimum absolute atomic E-state index is 0.0884. The molecule has 0 spiro atoms. The van der Waals surface area contributed by atoms with E-state index in [1.54, 1.807) is 35.0 Å². The number of hydrogen-bond acceptors (Lipinski definition) is 6. The van der Waals surface area contributed by atoms with Gasteiger partial charge in [0, 0.05) is 29.8 Å². The summed E-state index contributed by atoms with van der Waals surface area (Å²) in [6, 6.07) is 7.39. The molecule has 1 aliphatic heterocycles. The van der Waals surface area contributed by atoms with Gasteiger partial charge < -0.3 is 20.3 Å². The molecule has 10 heteroatoms. The zero-order valence-corrected chi connectivity index (χ0v) is 20.2. The summed E-state index contributed by atoms with van der Waals surface area (Å²) in [5.41, 5.74) is 1.10. The number of nitrogens with one attached hydrogen (secondary N) is 1. The third-order valence-electron chi connectivity index (χ3n) is 5.40. The molecule has 1 saturated heterocycles. The Kier molecular flexibility index (Phi) is 10.3. The topological polar surface area (TPSA) is 131 Å². The van der Waals surface area contributed by atoms with Crippen molar-refractivity contribution in [2.75, 3.05) is 13.1 Å². The van der Waals surface area contributed by atoms with Crippen LogP contribution in [-0.2, 0) is 16.6 Å². The number of carbonyl (C=O) groups excluding carboxylic acids is 1. The second kappa shape index (κ2) is 12.9.